The molecule has 1 saturated heterocycles. The summed E-state index contributed by atoms with van der Waals surface area (Å²) in [6, 6.07) is 8.55. The molecule has 0 spiro atoms. The Labute approximate surface area is 139 Å². The van der Waals surface area contributed by atoms with E-state index < -0.39 is 0 Å². The number of urea groups is 1. The third-order valence-corrected chi connectivity index (χ3v) is 4.27. The van der Waals surface area contributed by atoms with Gasteiger partial charge in [0, 0.05) is 50.0 Å². The molecular weight excluding hydrogens is 314 g/mol. The molecule has 122 valence electrons. The first-order valence-corrected chi connectivity index (χ1v) is 8.13. The zero-order chi connectivity index (χ0) is 16.7. The van der Waals surface area contributed by atoms with Gasteiger partial charge in [-0.05, 0) is 0 Å². The predicted molar refractivity (Wildman–Crippen MR) is 90.5 cm³/mol. The maximum atomic E-state index is 12.2. The van der Waals surface area contributed by atoms with Crippen molar-refractivity contribution in [3.05, 3.63) is 48.6 Å². The first kappa shape index (κ1) is 17.1. The molecule has 1 aliphatic rings. The molecule has 0 unspecified atom stereocenters. The van der Waals surface area contributed by atoms with Gasteiger partial charge in [0.05, 0.1) is 0 Å². The monoisotopic (exact) mass is 333 g/mol. The van der Waals surface area contributed by atoms with Gasteiger partial charge in [0.25, 0.3) is 5.24 Å². The highest BCUT2D eigenvalue weighted by Crippen LogP contribution is 2.17. The van der Waals surface area contributed by atoms with Gasteiger partial charge in [-0.1, -0.05) is 36.4 Å². The number of thioether (sulfide) groups is 1. The summed E-state index contributed by atoms with van der Waals surface area (Å²) in [6.45, 7) is 5.72. The van der Waals surface area contributed by atoms with Crippen LogP contribution in [0.1, 0.15) is 10.4 Å². The molecule has 0 aromatic heterocycles. The molecule has 1 aromatic carbocycles. The van der Waals surface area contributed by atoms with E-state index in [1.165, 1.54) is 0 Å². The van der Waals surface area contributed by atoms with Crippen molar-refractivity contribution >= 4 is 28.1 Å². The molecule has 0 atom stereocenters. The molecule has 7 heteroatoms. The lowest BCUT2D eigenvalue weighted by molar-refractivity contribution is 0.108. The molecule has 1 aliphatic heterocycles. The Bertz CT molecular complexity index is 583. The molecule has 0 bridgehead atoms. The summed E-state index contributed by atoms with van der Waals surface area (Å²) in [5.74, 6) is 0. The maximum Gasteiger partial charge on any atom is 0.317 e. The molecular formula is C16H19N3O3S. The van der Waals surface area contributed by atoms with Gasteiger partial charge in [-0.3, -0.25) is 9.59 Å². The van der Waals surface area contributed by atoms with Gasteiger partial charge in [-0.25, -0.2) is 4.79 Å². The van der Waals surface area contributed by atoms with Gasteiger partial charge in [0.2, 0.25) is 5.12 Å². The first-order valence-electron chi connectivity index (χ1n) is 7.31. The fraction of sp³-hybridized carbons (Fsp3) is 0.312. The Morgan fingerprint density at radius 3 is 2.30 bits per heavy atom. The van der Waals surface area contributed by atoms with E-state index in [0.717, 1.165) is 0 Å². The zero-order valence-electron chi connectivity index (χ0n) is 12.7. The van der Waals surface area contributed by atoms with Gasteiger partial charge in [-0.2, -0.15) is 0 Å². The lowest BCUT2D eigenvalue weighted by Gasteiger charge is -2.34. The van der Waals surface area contributed by atoms with Crippen LogP contribution in [0.15, 0.2) is 43.0 Å². The predicted octanol–water partition coefficient (Wildman–Crippen LogP) is 2.19. The molecule has 1 N–H and O–H groups in total. The number of nitrogens with one attached hydrogen (secondary N) is 1. The smallest absolute Gasteiger partial charge is 0.317 e. The molecule has 3 amide bonds. The molecule has 6 nitrogen and oxygen atoms in total. The number of hydrogen-bond acceptors (Lipinski definition) is 4. The van der Waals surface area contributed by atoms with Gasteiger partial charge in [0.1, 0.15) is 0 Å². The van der Waals surface area contributed by atoms with Gasteiger partial charge >= 0.3 is 6.03 Å². The van der Waals surface area contributed by atoms with Crippen LogP contribution in [0.5, 0.6) is 0 Å². The third-order valence-electron chi connectivity index (χ3n) is 3.41. The standard InChI is InChI=1S/C16H19N3O3S/c1-2-8-17-15(21)18-9-11-19(12-10-18)16(22)23-14(20)13-6-4-3-5-7-13/h2-7H,1,8-12H2,(H,17,21). The number of rotatable bonds is 3. The van der Waals surface area contributed by atoms with E-state index in [9.17, 15) is 14.4 Å². The van der Waals surface area contributed by atoms with E-state index in [4.69, 9.17) is 0 Å². The van der Waals surface area contributed by atoms with Crippen LogP contribution in [-0.2, 0) is 0 Å². The lowest BCUT2D eigenvalue weighted by atomic mass is 10.2. The van der Waals surface area contributed by atoms with Crippen LogP contribution in [0.3, 0.4) is 0 Å². The molecule has 1 fully saturated rings. The second-order valence-corrected chi connectivity index (χ2v) is 5.89. The first-order chi connectivity index (χ1) is 11.1. The molecule has 1 aromatic rings. The number of benzene rings is 1. The molecule has 23 heavy (non-hydrogen) atoms. The number of nitrogens with zero attached hydrogens (tertiary/aromatic N) is 2. The average molecular weight is 333 g/mol. The van der Waals surface area contributed by atoms with E-state index in [0.29, 0.717) is 50.0 Å². The van der Waals surface area contributed by atoms with E-state index >= 15 is 0 Å². The number of carbonyl (C=O) groups excluding carboxylic acids is 3. The minimum Gasteiger partial charge on any atom is -0.335 e. The summed E-state index contributed by atoms with van der Waals surface area (Å²) < 4.78 is 0. The summed E-state index contributed by atoms with van der Waals surface area (Å²) in [4.78, 5) is 39.2. The highest BCUT2D eigenvalue weighted by Gasteiger charge is 2.25. The summed E-state index contributed by atoms with van der Waals surface area (Å²) in [7, 11) is 0. The Hall–Kier alpha value is -2.28. The van der Waals surface area contributed by atoms with Crippen LogP contribution in [0, 0.1) is 0 Å². The molecule has 0 radical (unpaired) electrons. The summed E-state index contributed by atoms with van der Waals surface area (Å²) in [5, 5.41) is 2.17. The number of carbonyl (C=O) groups is 3. The Morgan fingerprint density at radius 2 is 1.70 bits per heavy atom. The highest BCUT2D eigenvalue weighted by molar-refractivity contribution is 8.26. The normalized spacial score (nSPS) is 14.3. The minimum absolute atomic E-state index is 0.162. The van der Waals surface area contributed by atoms with Crippen LogP contribution in [0.25, 0.3) is 0 Å². The number of hydrogen-bond donors (Lipinski definition) is 1. The van der Waals surface area contributed by atoms with E-state index in [1.807, 2.05) is 6.07 Å². The topological polar surface area (TPSA) is 69.7 Å². The van der Waals surface area contributed by atoms with Crippen LogP contribution in [0.2, 0.25) is 0 Å². The summed E-state index contributed by atoms with van der Waals surface area (Å²) >= 11 is 0.698. The van der Waals surface area contributed by atoms with Crippen molar-refractivity contribution < 1.29 is 14.4 Å². The fourth-order valence-electron chi connectivity index (χ4n) is 2.14. The molecule has 0 aliphatic carbocycles. The zero-order valence-corrected chi connectivity index (χ0v) is 13.6. The highest BCUT2D eigenvalue weighted by atomic mass is 32.2. The van der Waals surface area contributed by atoms with Crippen LogP contribution in [0.4, 0.5) is 9.59 Å². The Balaban J connectivity index is 1.80. The Kier molecular flexibility index (Phi) is 6.22. The Morgan fingerprint density at radius 1 is 1.09 bits per heavy atom. The third kappa shape index (κ3) is 4.85. The second-order valence-electron chi connectivity index (χ2n) is 4.97. The summed E-state index contributed by atoms with van der Waals surface area (Å²) in [5.41, 5.74) is 0.508. The van der Waals surface area contributed by atoms with Crippen molar-refractivity contribution in [2.24, 2.45) is 0 Å². The van der Waals surface area contributed by atoms with Crippen LogP contribution in [-0.4, -0.2) is 58.9 Å². The van der Waals surface area contributed by atoms with Crippen molar-refractivity contribution in [3.63, 3.8) is 0 Å². The molecule has 0 saturated carbocycles. The lowest BCUT2D eigenvalue weighted by Crippen LogP contribution is -2.52. The van der Waals surface area contributed by atoms with Gasteiger partial charge in [-0.15, -0.1) is 6.58 Å². The van der Waals surface area contributed by atoms with Crippen molar-refractivity contribution in [2.45, 2.75) is 0 Å². The van der Waals surface area contributed by atoms with Gasteiger partial charge in [0.15, 0.2) is 0 Å². The quantitative estimate of drug-likeness (QED) is 0.861. The number of piperazine rings is 1. The fourth-order valence-corrected chi connectivity index (χ4v) is 2.86. The van der Waals surface area contributed by atoms with E-state index in [-0.39, 0.29) is 16.4 Å². The second kappa shape index (κ2) is 8.38. The van der Waals surface area contributed by atoms with Crippen molar-refractivity contribution in [3.8, 4) is 0 Å². The van der Waals surface area contributed by atoms with E-state index in [2.05, 4.69) is 11.9 Å². The largest absolute Gasteiger partial charge is 0.335 e. The maximum absolute atomic E-state index is 12.2. The average Bonchev–Trinajstić information content (AvgIpc) is 2.60. The van der Waals surface area contributed by atoms with Crippen molar-refractivity contribution in [1.82, 2.24) is 15.1 Å². The van der Waals surface area contributed by atoms with E-state index in [1.54, 1.807) is 40.1 Å². The van der Waals surface area contributed by atoms with Gasteiger partial charge < -0.3 is 15.1 Å². The van der Waals surface area contributed by atoms with Crippen LogP contribution < -0.4 is 5.32 Å². The summed E-state index contributed by atoms with van der Waals surface area (Å²) in [6.07, 6.45) is 1.61. The molecule has 1 heterocycles. The molecule has 2 rings (SSSR count). The van der Waals surface area contributed by atoms with Crippen molar-refractivity contribution in [2.75, 3.05) is 32.7 Å². The van der Waals surface area contributed by atoms with Crippen LogP contribution >= 0.6 is 11.8 Å². The number of amides is 3. The SMILES string of the molecule is C=CCNC(=O)N1CCN(C(=O)SC(=O)c2ccccc2)CC1. The minimum atomic E-state index is -0.273. The van der Waals surface area contributed by atoms with Crippen molar-refractivity contribution in [1.29, 1.82) is 0 Å².